The van der Waals surface area contributed by atoms with Crippen LogP contribution in [0.1, 0.15) is 48.8 Å². The molecular weight excluding hydrogens is 416 g/mol. The fraction of sp³-hybridized carbons (Fsp3) is 0.519. The molecule has 0 bridgehead atoms. The van der Waals surface area contributed by atoms with Gasteiger partial charge in [-0.25, -0.2) is 0 Å². The zero-order chi connectivity index (χ0) is 23.7. The number of nitrogens with one attached hydrogen (secondary N) is 1. The lowest BCUT2D eigenvalue weighted by Crippen LogP contribution is -2.31. The smallest absolute Gasteiger partial charge is 0.164 e. The van der Waals surface area contributed by atoms with Gasteiger partial charge in [0.1, 0.15) is 0 Å². The van der Waals surface area contributed by atoms with Gasteiger partial charge in [0.05, 0.1) is 39.9 Å². The maximum atomic E-state index is 10.2. The molecule has 2 aromatic rings. The van der Waals surface area contributed by atoms with Gasteiger partial charge < -0.3 is 24.3 Å². The maximum Gasteiger partial charge on any atom is 0.164 e. The number of ether oxygens (including phenoxy) is 4. The molecule has 0 amide bonds. The molecule has 1 aliphatic rings. The SMILES string of the molecule is COc1ccc(CCCNCCCC2(C#N)CCCc3c2ccc(OC)c3OC)cc1OC. The standard InChI is InChI=1S/C27H36N2O4/c1-30-23-12-10-20(18-25(23)32-3)8-6-16-29-17-7-15-27(19-28)14-5-9-21-22(27)11-13-24(31-2)26(21)33-4/h10-13,18,29H,5-9,14-17H2,1-4H3. The molecule has 33 heavy (non-hydrogen) atoms. The van der Waals surface area contributed by atoms with E-state index in [0.29, 0.717) is 0 Å². The predicted molar refractivity (Wildman–Crippen MR) is 130 cm³/mol. The second-order valence-corrected chi connectivity index (χ2v) is 8.52. The van der Waals surface area contributed by atoms with Crippen LogP contribution in [0.4, 0.5) is 0 Å². The molecular formula is C27H36N2O4. The summed E-state index contributed by atoms with van der Waals surface area (Å²) in [6.07, 6.45) is 6.62. The highest BCUT2D eigenvalue weighted by Crippen LogP contribution is 2.46. The van der Waals surface area contributed by atoms with Gasteiger partial charge in [-0.3, -0.25) is 0 Å². The Balaban J connectivity index is 1.50. The molecule has 0 aromatic heterocycles. The van der Waals surface area contributed by atoms with Crippen LogP contribution in [-0.4, -0.2) is 41.5 Å². The van der Waals surface area contributed by atoms with Gasteiger partial charge in [-0.05, 0) is 87.4 Å². The van der Waals surface area contributed by atoms with Crippen molar-refractivity contribution < 1.29 is 18.9 Å². The topological polar surface area (TPSA) is 72.7 Å². The van der Waals surface area contributed by atoms with Crippen molar-refractivity contribution >= 4 is 0 Å². The minimum Gasteiger partial charge on any atom is -0.493 e. The first-order valence-corrected chi connectivity index (χ1v) is 11.7. The number of nitriles is 1. The van der Waals surface area contributed by atoms with Crippen LogP contribution in [0.2, 0.25) is 0 Å². The molecule has 0 heterocycles. The number of hydrogen-bond donors (Lipinski definition) is 1. The van der Waals surface area contributed by atoms with Gasteiger partial charge in [0.25, 0.3) is 0 Å². The van der Waals surface area contributed by atoms with E-state index in [2.05, 4.69) is 23.5 Å². The van der Waals surface area contributed by atoms with E-state index in [1.165, 1.54) is 5.56 Å². The molecule has 0 aliphatic heterocycles. The van der Waals surface area contributed by atoms with E-state index in [1.54, 1.807) is 28.4 Å². The van der Waals surface area contributed by atoms with E-state index in [0.717, 1.165) is 92.2 Å². The Kier molecular flexibility index (Phi) is 8.85. The molecule has 1 atom stereocenters. The number of fused-ring (bicyclic) bond motifs is 1. The Bertz CT molecular complexity index is 969. The lowest BCUT2D eigenvalue weighted by atomic mass is 9.68. The van der Waals surface area contributed by atoms with Crippen LogP contribution in [0, 0.1) is 11.3 Å². The van der Waals surface area contributed by atoms with E-state index in [1.807, 2.05) is 18.2 Å². The Morgan fingerprint density at radius 3 is 2.33 bits per heavy atom. The molecule has 1 aliphatic carbocycles. The van der Waals surface area contributed by atoms with Gasteiger partial charge in [-0.15, -0.1) is 0 Å². The van der Waals surface area contributed by atoms with Crippen molar-refractivity contribution in [1.29, 1.82) is 5.26 Å². The molecule has 6 heteroatoms. The number of aryl methyl sites for hydroxylation is 1. The summed E-state index contributed by atoms with van der Waals surface area (Å²) in [5, 5.41) is 13.7. The van der Waals surface area contributed by atoms with Crippen LogP contribution in [0.15, 0.2) is 30.3 Å². The monoisotopic (exact) mass is 452 g/mol. The van der Waals surface area contributed by atoms with E-state index >= 15 is 0 Å². The molecule has 0 saturated carbocycles. The van der Waals surface area contributed by atoms with E-state index in [-0.39, 0.29) is 0 Å². The zero-order valence-electron chi connectivity index (χ0n) is 20.3. The van der Waals surface area contributed by atoms with Crippen molar-refractivity contribution in [3.05, 3.63) is 47.0 Å². The van der Waals surface area contributed by atoms with Gasteiger partial charge in [-0.1, -0.05) is 12.1 Å². The van der Waals surface area contributed by atoms with Crippen molar-refractivity contribution in [3.63, 3.8) is 0 Å². The van der Waals surface area contributed by atoms with Gasteiger partial charge in [0.2, 0.25) is 0 Å². The first-order chi connectivity index (χ1) is 16.1. The third-order valence-corrected chi connectivity index (χ3v) is 6.63. The van der Waals surface area contributed by atoms with Crippen molar-refractivity contribution in [2.45, 2.75) is 50.4 Å². The number of benzene rings is 2. The molecule has 178 valence electrons. The Labute approximate surface area is 197 Å². The van der Waals surface area contributed by atoms with Crippen LogP contribution in [0.5, 0.6) is 23.0 Å². The number of nitrogens with zero attached hydrogens (tertiary/aromatic N) is 1. The summed E-state index contributed by atoms with van der Waals surface area (Å²) < 4.78 is 21.8. The summed E-state index contributed by atoms with van der Waals surface area (Å²) in [6.45, 7) is 1.84. The fourth-order valence-corrected chi connectivity index (χ4v) is 4.91. The number of methoxy groups -OCH3 is 4. The highest BCUT2D eigenvalue weighted by Gasteiger charge is 2.38. The third kappa shape index (κ3) is 5.54. The minimum absolute atomic E-state index is 0.450. The normalized spacial score (nSPS) is 17.1. The van der Waals surface area contributed by atoms with Crippen molar-refractivity contribution in [2.24, 2.45) is 0 Å². The zero-order valence-corrected chi connectivity index (χ0v) is 20.3. The third-order valence-electron chi connectivity index (χ3n) is 6.63. The Morgan fingerprint density at radius 1 is 0.909 bits per heavy atom. The van der Waals surface area contributed by atoms with E-state index in [4.69, 9.17) is 18.9 Å². The summed E-state index contributed by atoms with van der Waals surface area (Å²) in [5.74, 6) is 3.04. The second-order valence-electron chi connectivity index (χ2n) is 8.52. The number of hydrogen-bond acceptors (Lipinski definition) is 6. The molecule has 0 spiro atoms. The van der Waals surface area contributed by atoms with Crippen LogP contribution in [-0.2, 0) is 18.3 Å². The van der Waals surface area contributed by atoms with E-state index in [9.17, 15) is 5.26 Å². The molecule has 3 rings (SSSR count). The van der Waals surface area contributed by atoms with Gasteiger partial charge >= 0.3 is 0 Å². The summed E-state index contributed by atoms with van der Waals surface area (Å²) >= 11 is 0. The molecule has 0 saturated heterocycles. The molecule has 2 aromatic carbocycles. The first-order valence-electron chi connectivity index (χ1n) is 11.7. The minimum atomic E-state index is -0.450. The highest BCUT2D eigenvalue weighted by atomic mass is 16.5. The van der Waals surface area contributed by atoms with Crippen LogP contribution in [0.25, 0.3) is 0 Å². The Morgan fingerprint density at radius 2 is 1.64 bits per heavy atom. The number of rotatable bonds is 12. The molecule has 1 unspecified atom stereocenters. The van der Waals surface area contributed by atoms with Crippen molar-refractivity contribution in [3.8, 4) is 29.1 Å². The quantitative estimate of drug-likeness (QED) is 0.466. The highest BCUT2D eigenvalue weighted by molar-refractivity contribution is 5.56. The fourth-order valence-electron chi connectivity index (χ4n) is 4.91. The molecule has 0 fully saturated rings. The van der Waals surface area contributed by atoms with Crippen LogP contribution >= 0.6 is 0 Å². The average molecular weight is 453 g/mol. The lowest BCUT2D eigenvalue weighted by molar-refractivity contribution is 0.340. The van der Waals surface area contributed by atoms with Gasteiger partial charge in [0.15, 0.2) is 23.0 Å². The predicted octanol–water partition coefficient (Wildman–Crippen LogP) is 4.82. The van der Waals surface area contributed by atoms with Gasteiger partial charge in [-0.2, -0.15) is 5.26 Å². The molecule has 0 radical (unpaired) electrons. The summed E-state index contributed by atoms with van der Waals surface area (Å²) in [5.41, 5.74) is 3.03. The largest absolute Gasteiger partial charge is 0.493 e. The van der Waals surface area contributed by atoms with Crippen molar-refractivity contribution in [2.75, 3.05) is 41.5 Å². The Hall–Kier alpha value is -2.91. The van der Waals surface area contributed by atoms with E-state index < -0.39 is 5.41 Å². The molecule has 1 N–H and O–H groups in total. The summed E-state index contributed by atoms with van der Waals surface area (Å²) in [4.78, 5) is 0. The first kappa shape index (κ1) is 24.7. The van der Waals surface area contributed by atoms with Crippen LogP contribution in [0.3, 0.4) is 0 Å². The average Bonchev–Trinajstić information content (AvgIpc) is 2.87. The van der Waals surface area contributed by atoms with Crippen molar-refractivity contribution in [1.82, 2.24) is 5.32 Å². The maximum absolute atomic E-state index is 10.2. The van der Waals surface area contributed by atoms with Gasteiger partial charge in [0, 0.05) is 5.56 Å². The second kappa shape index (κ2) is 11.8. The molecule has 6 nitrogen and oxygen atoms in total. The summed E-state index contributed by atoms with van der Waals surface area (Å²) in [6, 6.07) is 12.7. The lowest BCUT2D eigenvalue weighted by Gasteiger charge is -2.34. The summed E-state index contributed by atoms with van der Waals surface area (Å²) in [7, 11) is 6.64. The van der Waals surface area contributed by atoms with Crippen LogP contribution < -0.4 is 24.3 Å².